The molecule has 0 saturated heterocycles. The number of rotatable bonds is 4. The zero-order valence-corrected chi connectivity index (χ0v) is 25.2. The van der Waals surface area contributed by atoms with Gasteiger partial charge in [-0.3, -0.25) is 0 Å². The summed E-state index contributed by atoms with van der Waals surface area (Å²) in [5.74, 6) is 0. The molecular weight excluding hydrogens is 533 g/mol. The molecule has 0 unspecified atom stereocenters. The third-order valence-electron chi connectivity index (χ3n) is 8.67. The highest BCUT2D eigenvalue weighted by Crippen LogP contribution is 2.48. The maximum absolute atomic E-state index is 7.95. The zero-order valence-electron chi connectivity index (χ0n) is 24.4. The number of pyridine rings is 1. The first-order chi connectivity index (χ1) is 20.4. The summed E-state index contributed by atoms with van der Waals surface area (Å²) < 4.78 is 2.38. The Labute approximate surface area is 252 Å². The van der Waals surface area contributed by atoms with Crippen molar-refractivity contribution in [1.29, 1.82) is 0 Å². The highest BCUT2D eigenvalue weighted by Gasteiger charge is 2.39. The van der Waals surface area contributed by atoms with Gasteiger partial charge in [-0.15, -0.1) is 6.54 Å². The molecule has 0 spiro atoms. The van der Waals surface area contributed by atoms with Crippen molar-refractivity contribution >= 4 is 46.2 Å². The van der Waals surface area contributed by atoms with Gasteiger partial charge in [-0.25, -0.2) is 0 Å². The molecule has 3 heterocycles. The summed E-state index contributed by atoms with van der Waals surface area (Å²) in [6.45, 7) is 4.89. The maximum Gasteiger partial charge on any atom is 0.219 e. The second-order valence-corrected chi connectivity index (χ2v) is 12.6. The molecule has 42 heavy (non-hydrogen) atoms. The van der Waals surface area contributed by atoms with Gasteiger partial charge in [0.25, 0.3) is 0 Å². The minimum Gasteiger partial charge on any atom is -0.674 e. The number of hydrogen-bond acceptors (Lipinski definition) is 3. The van der Waals surface area contributed by atoms with E-state index in [2.05, 4.69) is 158 Å². The van der Waals surface area contributed by atoms with Crippen LogP contribution in [0.3, 0.4) is 0 Å². The molecule has 1 aromatic heterocycles. The Morgan fingerprint density at radius 3 is 2.31 bits per heavy atom. The Balaban J connectivity index is 1.47. The van der Waals surface area contributed by atoms with Gasteiger partial charge in [0.1, 0.15) is 0 Å². The van der Waals surface area contributed by atoms with Gasteiger partial charge >= 0.3 is 0 Å². The number of benzene rings is 4. The van der Waals surface area contributed by atoms with Gasteiger partial charge in [0.15, 0.2) is 0 Å². The fourth-order valence-electron chi connectivity index (χ4n) is 6.41. The summed E-state index contributed by atoms with van der Waals surface area (Å²) in [6, 6.07) is 36.8. The van der Waals surface area contributed by atoms with Crippen LogP contribution in [-0.2, 0) is 12.0 Å². The Hall–Kier alpha value is -4.32. The smallest absolute Gasteiger partial charge is 0.219 e. The van der Waals surface area contributed by atoms with Crippen LogP contribution >= 0.6 is 11.8 Å². The summed E-state index contributed by atoms with van der Waals surface area (Å²) in [5, 5.41) is 2.43. The number of likely N-dealkylation sites (N-methyl/N-ethyl adjacent to an activating group) is 1. The molecule has 7 rings (SSSR count). The van der Waals surface area contributed by atoms with E-state index in [4.69, 9.17) is 5.73 Å². The van der Waals surface area contributed by atoms with Crippen LogP contribution in [0.1, 0.15) is 36.2 Å². The molecule has 2 aliphatic heterocycles. The Morgan fingerprint density at radius 2 is 1.52 bits per heavy atom. The first-order valence-corrected chi connectivity index (χ1v) is 15.2. The predicted octanol–water partition coefficient (Wildman–Crippen LogP) is 8.98. The summed E-state index contributed by atoms with van der Waals surface area (Å²) in [4.78, 5) is 5.90. The van der Waals surface area contributed by atoms with Gasteiger partial charge in [0.2, 0.25) is 16.9 Å². The minimum absolute atomic E-state index is 0.211. The van der Waals surface area contributed by atoms with E-state index in [0.29, 0.717) is 6.54 Å². The van der Waals surface area contributed by atoms with E-state index < -0.39 is 0 Å². The number of nitrogens with one attached hydrogen (secondary N) is 1. The Morgan fingerprint density at radius 1 is 0.786 bits per heavy atom. The number of nitrogens with zero attached hydrogens (tertiary/aromatic N) is 3. The largest absolute Gasteiger partial charge is 0.674 e. The number of fused-ring (bicyclic) bond motifs is 3. The highest BCUT2D eigenvalue weighted by molar-refractivity contribution is 8.03. The number of thioether (sulfide) groups is 1. The summed E-state index contributed by atoms with van der Waals surface area (Å²) in [5.41, 5.74) is 18.4. The van der Waals surface area contributed by atoms with Gasteiger partial charge in [-0.2, -0.15) is 4.57 Å². The number of allylic oxidation sites excluding steroid dienone is 1. The van der Waals surface area contributed by atoms with Crippen molar-refractivity contribution in [2.75, 3.05) is 23.9 Å². The summed E-state index contributed by atoms with van der Waals surface area (Å²) >= 11 is 1.82. The predicted molar refractivity (Wildman–Crippen MR) is 178 cm³/mol. The number of hydrogen-bond donors (Lipinski definition) is 0. The van der Waals surface area contributed by atoms with Crippen molar-refractivity contribution in [3.63, 3.8) is 0 Å². The van der Waals surface area contributed by atoms with Gasteiger partial charge in [-0.05, 0) is 41.5 Å². The van der Waals surface area contributed by atoms with Crippen molar-refractivity contribution in [2.45, 2.75) is 30.7 Å². The van der Waals surface area contributed by atoms with Crippen LogP contribution in [0.5, 0.6) is 0 Å². The molecule has 2 aliphatic rings. The van der Waals surface area contributed by atoms with Crippen molar-refractivity contribution < 1.29 is 4.57 Å². The lowest BCUT2D eigenvalue weighted by Crippen LogP contribution is -2.36. The van der Waals surface area contributed by atoms with Crippen LogP contribution in [-0.4, -0.2) is 14.1 Å². The molecule has 4 nitrogen and oxygen atoms in total. The molecule has 5 heteroatoms. The second-order valence-electron chi connectivity index (χ2n) is 11.6. The Kier molecular flexibility index (Phi) is 6.45. The number of aromatic nitrogens is 1. The van der Waals surface area contributed by atoms with Crippen LogP contribution < -0.4 is 14.4 Å². The molecule has 0 fully saturated rings. The van der Waals surface area contributed by atoms with E-state index in [-0.39, 0.29) is 5.41 Å². The third kappa shape index (κ3) is 4.23. The Bertz CT molecular complexity index is 1900. The van der Waals surface area contributed by atoms with Crippen LogP contribution in [0.15, 0.2) is 119 Å². The molecule has 0 bridgehead atoms. The summed E-state index contributed by atoms with van der Waals surface area (Å²) in [7, 11) is 4.32. The fraction of sp³-hybridized carbons (Fsp3) is 0.162. The molecule has 208 valence electrons. The average Bonchev–Trinajstić information content (AvgIpc) is 3.43. The van der Waals surface area contributed by atoms with Gasteiger partial charge in [0, 0.05) is 66.1 Å². The molecule has 0 aliphatic carbocycles. The van der Waals surface area contributed by atoms with Crippen LogP contribution in [0.2, 0.25) is 0 Å². The molecule has 4 aromatic carbocycles. The number of para-hydroxylation sites is 3. The van der Waals surface area contributed by atoms with E-state index >= 15 is 0 Å². The van der Waals surface area contributed by atoms with Crippen LogP contribution in [0, 0.1) is 0 Å². The molecule has 1 N–H and O–H groups in total. The van der Waals surface area contributed by atoms with Gasteiger partial charge in [0.05, 0.1) is 16.1 Å². The second kappa shape index (κ2) is 10.2. The van der Waals surface area contributed by atoms with E-state index in [0.717, 1.165) is 16.9 Å². The standard InChI is InChI=1S/C37H34N4S/c1-37(2)30-20-25(24-38)18-19-32(30)39(3)35(37)23-28-21-26(22-36-40(4)33-16-10-11-17-34(33)42-36)29-14-8-9-15-31(29)41(28)27-12-6-5-7-13-27/h5-23,38H,24H2,1-4H3. The first kappa shape index (κ1) is 26.6. The van der Waals surface area contributed by atoms with Crippen molar-refractivity contribution in [2.24, 2.45) is 0 Å². The molecule has 0 amide bonds. The van der Waals surface area contributed by atoms with E-state index in [9.17, 15) is 0 Å². The van der Waals surface area contributed by atoms with E-state index in [1.54, 1.807) is 0 Å². The molecule has 0 atom stereocenters. The zero-order chi connectivity index (χ0) is 29.0. The summed E-state index contributed by atoms with van der Waals surface area (Å²) in [6.07, 6.45) is 4.70. The number of anilines is 2. The van der Waals surface area contributed by atoms with Gasteiger partial charge < -0.3 is 15.5 Å². The third-order valence-corrected chi connectivity index (χ3v) is 9.83. The van der Waals surface area contributed by atoms with E-state index in [1.807, 2.05) is 11.8 Å². The topological polar surface area (TPSA) is 34.2 Å². The molecule has 0 radical (unpaired) electrons. The lowest BCUT2D eigenvalue weighted by Gasteiger charge is -2.24. The quantitative estimate of drug-likeness (QED) is 0.204. The van der Waals surface area contributed by atoms with E-state index in [1.165, 1.54) is 49.0 Å². The molecule has 5 aromatic rings. The van der Waals surface area contributed by atoms with Crippen molar-refractivity contribution in [3.8, 4) is 5.69 Å². The van der Waals surface area contributed by atoms with Crippen molar-refractivity contribution in [1.82, 2.24) is 0 Å². The van der Waals surface area contributed by atoms with Crippen LogP contribution in [0.25, 0.3) is 34.5 Å². The molecular formula is C37H34N4S. The lowest BCUT2D eigenvalue weighted by molar-refractivity contribution is -0.569. The lowest BCUT2D eigenvalue weighted by atomic mass is 9.82. The normalized spacial score (nSPS) is 17.4. The van der Waals surface area contributed by atoms with Crippen molar-refractivity contribution in [3.05, 3.63) is 142 Å². The maximum atomic E-state index is 7.95. The first-order valence-electron chi connectivity index (χ1n) is 14.4. The molecule has 0 saturated carbocycles. The monoisotopic (exact) mass is 566 g/mol. The average molecular weight is 567 g/mol. The SMILES string of the molecule is CN1/C(=C/c2cc(/C=C3\N(C)c4ccc(C[NH-])cc4C3(C)C)[n+](-c3ccccc3)c3ccccc23)Sc2ccccc21. The minimum atomic E-state index is -0.211. The highest BCUT2D eigenvalue weighted by atomic mass is 32.2. The van der Waals surface area contributed by atoms with Gasteiger partial charge in [-0.1, -0.05) is 85.8 Å². The van der Waals surface area contributed by atoms with Crippen LogP contribution in [0.4, 0.5) is 11.4 Å². The fourth-order valence-corrected chi connectivity index (χ4v) is 7.52.